The van der Waals surface area contributed by atoms with Gasteiger partial charge in [-0.2, -0.15) is 0 Å². The minimum atomic E-state index is -0.524. The minimum absolute atomic E-state index is 0.0705. The molecule has 1 aromatic carbocycles. The number of ether oxygens (including phenoxy) is 1. The maximum Gasteiger partial charge on any atom is 0.409 e. The lowest BCUT2D eigenvalue weighted by Gasteiger charge is -2.31. The van der Waals surface area contributed by atoms with Gasteiger partial charge in [0.15, 0.2) is 0 Å². The van der Waals surface area contributed by atoms with Crippen LogP contribution in [0.1, 0.15) is 25.3 Å². The highest BCUT2D eigenvalue weighted by Gasteiger charge is 2.28. The highest BCUT2D eigenvalue weighted by Crippen LogP contribution is 2.31. The highest BCUT2D eigenvalue weighted by molar-refractivity contribution is 6.34. The van der Waals surface area contributed by atoms with E-state index in [1.807, 2.05) is 0 Å². The standard InChI is InChI=1S/C19H22Cl2N6O4/c1-2-31-19(28)26-5-3-15(4-6-26)25-18-16(27(29)30)17(23-11-24-18)22-10-12-7-13(20)9-14(21)8-12/h7-9,11,15H,2-6,10H2,1H3,(H2,22,23,24,25). The van der Waals surface area contributed by atoms with Gasteiger partial charge >= 0.3 is 11.8 Å². The predicted molar refractivity (Wildman–Crippen MR) is 118 cm³/mol. The predicted octanol–water partition coefficient (Wildman–Crippen LogP) is 4.34. The van der Waals surface area contributed by atoms with Crippen LogP contribution in [0, 0.1) is 10.1 Å². The number of carbonyl (C=O) groups is 1. The fourth-order valence-corrected chi connectivity index (χ4v) is 3.87. The van der Waals surface area contributed by atoms with Crippen LogP contribution in [0.25, 0.3) is 0 Å². The summed E-state index contributed by atoms with van der Waals surface area (Å²) in [5, 5.41) is 18.8. The molecule has 0 spiro atoms. The number of amides is 1. The van der Waals surface area contributed by atoms with Gasteiger partial charge in [0.2, 0.25) is 11.6 Å². The van der Waals surface area contributed by atoms with Gasteiger partial charge in [-0.25, -0.2) is 14.8 Å². The number of halogens is 2. The molecule has 0 atom stereocenters. The smallest absolute Gasteiger partial charge is 0.409 e. The summed E-state index contributed by atoms with van der Waals surface area (Å²) in [6.07, 6.45) is 2.14. The average Bonchev–Trinajstić information content (AvgIpc) is 2.72. The Bertz CT molecular complexity index is 933. The number of benzene rings is 1. The van der Waals surface area contributed by atoms with Crippen molar-refractivity contribution < 1.29 is 14.5 Å². The number of piperidine rings is 1. The fraction of sp³-hybridized carbons (Fsp3) is 0.421. The second-order valence-corrected chi connectivity index (χ2v) is 7.79. The zero-order valence-electron chi connectivity index (χ0n) is 16.8. The third-order valence-corrected chi connectivity index (χ3v) is 5.19. The molecule has 2 N–H and O–H groups in total. The number of hydrogen-bond acceptors (Lipinski definition) is 8. The van der Waals surface area contributed by atoms with Gasteiger partial charge in [-0.15, -0.1) is 0 Å². The Morgan fingerprint density at radius 1 is 1.23 bits per heavy atom. The van der Waals surface area contributed by atoms with E-state index in [0.717, 1.165) is 5.56 Å². The lowest BCUT2D eigenvalue weighted by atomic mass is 10.1. The number of nitro groups is 1. The summed E-state index contributed by atoms with van der Waals surface area (Å²) in [6.45, 7) is 3.32. The van der Waals surface area contributed by atoms with Gasteiger partial charge < -0.3 is 20.3 Å². The zero-order valence-corrected chi connectivity index (χ0v) is 18.3. The van der Waals surface area contributed by atoms with Gasteiger partial charge in [0, 0.05) is 35.7 Å². The molecule has 2 heterocycles. The summed E-state index contributed by atoms with van der Waals surface area (Å²) in [6, 6.07) is 4.96. The quantitative estimate of drug-likeness (QED) is 0.454. The number of aromatic nitrogens is 2. The monoisotopic (exact) mass is 468 g/mol. The van der Waals surface area contributed by atoms with Crippen LogP contribution in [-0.2, 0) is 11.3 Å². The van der Waals surface area contributed by atoms with Crippen molar-refractivity contribution in [1.29, 1.82) is 0 Å². The SMILES string of the molecule is CCOC(=O)N1CCC(Nc2ncnc(NCc3cc(Cl)cc(Cl)c3)c2[N+](=O)[O-])CC1. The number of anilines is 2. The van der Waals surface area contributed by atoms with Crippen LogP contribution in [0.15, 0.2) is 24.5 Å². The van der Waals surface area contributed by atoms with E-state index in [0.29, 0.717) is 42.6 Å². The number of carbonyl (C=O) groups excluding carboxylic acids is 1. The van der Waals surface area contributed by atoms with E-state index in [-0.39, 0.29) is 36.0 Å². The second-order valence-electron chi connectivity index (χ2n) is 6.91. The largest absolute Gasteiger partial charge is 0.450 e. The number of nitrogens with zero attached hydrogens (tertiary/aromatic N) is 4. The molecule has 0 aliphatic carbocycles. The lowest BCUT2D eigenvalue weighted by Crippen LogP contribution is -2.42. The summed E-state index contributed by atoms with van der Waals surface area (Å²) in [4.78, 5) is 32.8. The second kappa shape index (κ2) is 10.5. The van der Waals surface area contributed by atoms with E-state index in [1.54, 1.807) is 30.0 Å². The van der Waals surface area contributed by atoms with Crippen molar-refractivity contribution in [1.82, 2.24) is 14.9 Å². The summed E-state index contributed by atoms with van der Waals surface area (Å²) in [7, 11) is 0. The number of rotatable bonds is 7. The molecular weight excluding hydrogens is 447 g/mol. The molecule has 31 heavy (non-hydrogen) atoms. The number of hydrogen-bond donors (Lipinski definition) is 2. The molecule has 1 aromatic heterocycles. The molecule has 12 heteroatoms. The Labute approximate surface area is 189 Å². The molecule has 166 valence electrons. The molecule has 0 saturated carbocycles. The summed E-state index contributed by atoms with van der Waals surface area (Å²) < 4.78 is 5.01. The van der Waals surface area contributed by atoms with Crippen LogP contribution in [0.5, 0.6) is 0 Å². The molecule has 3 rings (SSSR count). The Morgan fingerprint density at radius 3 is 2.48 bits per heavy atom. The first kappa shape index (κ1) is 22.8. The summed E-state index contributed by atoms with van der Waals surface area (Å²) in [5.41, 5.74) is 0.509. The van der Waals surface area contributed by atoms with Gasteiger partial charge in [-0.3, -0.25) is 10.1 Å². The van der Waals surface area contributed by atoms with Gasteiger partial charge in [-0.1, -0.05) is 23.2 Å². The van der Waals surface area contributed by atoms with Crippen LogP contribution < -0.4 is 10.6 Å². The Morgan fingerprint density at radius 2 is 1.87 bits per heavy atom. The molecule has 0 unspecified atom stereocenters. The molecule has 0 radical (unpaired) electrons. The van der Waals surface area contributed by atoms with Crippen LogP contribution in [0.2, 0.25) is 10.0 Å². The topological polar surface area (TPSA) is 123 Å². The van der Waals surface area contributed by atoms with E-state index in [1.165, 1.54) is 6.33 Å². The number of nitrogens with one attached hydrogen (secondary N) is 2. The first-order chi connectivity index (χ1) is 14.9. The van der Waals surface area contributed by atoms with E-state index >= 15 is 0 Å². The Kier molecular flexibility index (Phi) is 7.69. The van der Waals surface area contributed by atoms with Crippen molar-refractivity contribution >= 4 is 46.6 Å². The molecule has 0 bridgehead atoms. The van der Waals surface area contributed by atoms with Crippen molar-refractivity contribution in [3.05, 3.63) is 50.2 Å². The molecule has 1 amide bonds. The van der Waals surface area contributed by atoms with Gasteiger partial charge in [-0.05, 0) is 43.5 Å². The molecule has 2 aromatic rings. The summed E-state index contributed by atoms with van der Waals surface area (Å²) >= 11 is 12.0. The third kappa shape index (κ3) is 6.08. The molecule has 1 aliphatic rings. The van der Waals surface area contributed by atoms with Crippen molar-refractivity contribution in [2.24, 2.45) is 0 Å². The van der Waals surface area contributed by atoms with Crippen LogP contribution in [0.3, 0.4) is 0 Å². The van der Waals surface area contributed by atoms with Gasteiger partial charge in [0.25, 0.3) is 0 Å². The number of likely N-dealkylation sites (tertiary alicyclic amines) is 1. The van der Waals surface area contributed by atoms with Crippen LogP contribution in [-0.4, -0.2) is 51.6 Å². The molecule has 1 saturated heterocycles. The Balaban J connectivity index is 1.69. The maximum absolute atomic E-state index is 11.8. The minimum Gasteiger partial charge on any atom is -0.450 e. The van der Waals surface area contributed by atoms with Gasteiger partial charge in [0.05, 0.1) is 11.5 Å². The third-order valence-electron chi connectivity index (χ3n) is 4.75. The molecule has 1 fully saturated rings. The van der Waals surface area contributed by atoms with Crippen molar-refractivity contribution in [3.8, 4) is 0 Å². The fourth-order valence-electron chi connectivity index (χ4n) is 3.30. The average molecular weight is 469 g/mol. The van der Waals surface area contributed by atoms with Crippen molar-refractivity contribution in [2.45, 2.75) is 32.4 Å². The van der Waals surface area contributed by atoms with Crippen LogP contribution >= 0.6 is 23.2 Å². The van der Waals surface area contributed by atoms with Crippen molar-refractivity contribution in [2.75, 3.05) is 30.3 Å². The highest BCUT2D eigenvalue weighted by atomic mass is 35.5. The molecule has 10 nitrogen and oxygen atoms in total. The van der Waals surface area contributed by atoms with E-state index < -0.39 is 4.92 Å². The normalized spacial score (nSPS) is 14.2. The van der Waals surface area contributed by atoms with Crippen LogP contribution in [0.4, 0.5) is 22.1 Å². The first-order valence-electron chi connectivity index (χ1n) is 9.73. The van der Waals surface area contributed by atoms with Crippen molar-refractivity contribution in [3.63, 3.8) is 0 Å². The Hall–Kier alpha value is -2.85. The zero-order chi connectivity index (χ0) is 22.4. The van der Waals surface area contributed by atoms with E-state index in [4.69, 9.17) is 27.9 Å². The summed E-state index contributed by atoms with van der Waals surface area (Å²) in [5.74, 6) is 0.212. The maximum atomic E-state index is 11.8. The van der Waals surface area contributed by atoms with Gasteiger partial charge in [0.1, 0.15) is 6.33 Å². The van der Waals surface area contributed by atoms with E-state index in [9.17, 15) is 14.9 Å². The lowest BCUT2D eigenvalue weighted by molar-refractivity contribution is -0.383. The molecule has 1 aliphatic heterocycles. The van der Waals surface area contributed by atoms with E-state index in [2.05, 4.69) is 20.6 Å². The molecular formula is C19H22Cl2N6O4. The first-order valence-corrected chi connectivity index (χ1v) is 10.5.